The van der Waals surface area contributed by atoms with Crippen LogP contribution in [0, 0.1) is 0 Å². The Hall–Kier alpha value is -1.06. The summed E-state index contributed by atoms with van der Waals surface area (Å²) >= 11 is 0. The molecule has 0 saturated heterocycles. The van der Waals surface area contributed by atoms with Crippen molar-refractivity contribution in [3.63, 3.8) is 0 Å². The second-order valence-electron chi connectivity index (χ2n) is 4.25. The molecule has 1 amide bonds. The smallest absolute Gasteiger partial charge is 0.220 e. The predicted octanol–water partition coefficient (Wildman–Crippen LogP) is 1.95. The molecule has 0 aliphatic heterocycles. The van der Waals surface area contributed by atoms with Crippen LogP contribution in [0.15, 0.2) is 24.3 Å². The van der Waals surface area contributed by atoms with Gasteiger partial charge in [0.05, 0.1) is 6.04 Å². The van der Waals surface area contributed by atoms with E-state index >= 15 is 0 Å². The number of benzene rings is 1. The van der Waals surface area contributed by atoms with Crippen LogP contribution < -0.4 is 11.1 Å². The average molecular weight is 255 g/mol. The van der Waals surface area contributed by atoms with Crippen LogP contribution in [0.25, 0.3) is 0 Å². The molecule has 0 radical (unpaired) electrons. The largest absolute Gasteiger partial charge is 0.349 e. The first-order valence-corrected chi connectivity index (χ1v) is 5.88. The number of fused-ring (bicyclic) bond motifs is 1. The second kappa shape index (κ2) is 6.62. The number of carbonyl (C=O) groups excluding carboxylic acids is 1. The van der Waals surface area contributed by atoms with E-state index in [1.807, 2.05) is 6.07 Å². The van der Waals surface area contributed by atoms with Crippen molar-refractivity contribution in [2.24, 2.45) is 5.73 Å². The maximum Gasteiger partial charge on any atom is 0.220 e. The van der Waals surface area contributed by atoms with Gasteiger partial charge in [-0.2, -0.15) is 0 Å². The lowest BCUT2D eigenvalue weighted by Crippen LogP contribution is -2.27. The van der Waals surface area contributed by atoms with E-state index in [0.29, 0.717) is 13.0 Å². The van der Waals surface area contributed by atoms with Crippen LogP contribution in [0.5, 0.6) is 0 Å². The van der Waals surface area contributed by atoms with Gasteiger partial charge in [0.2, 0.25) is 5.91 Å². The monoisotopic (exact) mass is 254 g/mol. The van der Waals surface area contributed by atoms with Gasteiger partial charge in [-0.1, -0.05) is 24.3 Å². The van der Waals surface area contributed by atoms with Gasteiger partial charge in [-0.25, -0.2) is 0 Å². The van der Waals surface area contributed by atoms with Crippen LogP contribution in [-0.2, 0) is 11.2 Å². The van der Waals surface area contributed by atoms with Gasteiger partial charge in [0.1, 0.15) is 0 Å². The number of rotatable bonds is 4. The minimum atomic E-state index is 0. The Kier molecular flexibility index (Phi) is 5.45. The van der Waals surface area contributed by atoms with Gasteiger partial charge in [0.15, 0.2) is 0 Å². The molecule has 1 aromatic rings. The van der Waals surface area contributed by atoms with E-state index in [4.69, 9.17) is 5.73 Å². The van der Waals surface area contributed by atoms with Crippen LogP contribution >= 0.6 is 12.4 Å². The zero-order valence-electron chi connectivity index (χ0n) is 9.82. The van der Waals surface area contributed by atoms with Crippen molar-refractivity contribution in [1.82, 2.24) is 5.32 Å². The number of aryl methyl sites for hydroxylation is 1. The third-order valence-corrected chi connectivity index (χ3v) is 3.08. The zero-order valence-corrected chi connectivity index (χ0v) is 10.6. The highest BCUT2D eigenvalue weighted by Gasteiger charge is 2.22. The summed E-state index contributed by atoms with van der Waals surface area (Å²) in [6.07, 6.45) is 3.39. The van der Waals surface area contributed by atoms with Crippen molar-refractivity contribution in [1.29, 1.82) is 0 Å². The number of hydrogen-bond acceptors (Lipinski definition) is 2. The molecule has 0 fully saturated rings. The highest BCUT2D eigenvalue weighted by molar-refractivity contribution is 5.85. The summed E-state index contributed by atoms with van der Waals surface area (Å²) in [7, 11) is 0. The molecule has 3 N–H and O–H groups in total. The van der Waals surface area contributed by atoms with Gasteiger partial charge in [-0.3, -0.25) is 4.79 Å². The standard InChI is InChI=1S/C13H18N2O.ClH/c14-9-3-6-13(16)15-12-8-7-10-4-1-2-5-11(10)12;/h1-2,4-5,12H,3,6-9,14H2,(H,15,16);1H. The third kappa shape index (κ3) is 3.45. The quantitative estimate of drug-likeness (QED) is 0.863. The van der Waals surface area contributed by atoms with Crippen LogP contribution in [0.1, 0.15) is 36.4 Å². The van der Waals surface area contributed by atoms with Crippen molar-refractivity contribution >= 4 is 18.3 Å². The van der Waals surface area contributed by atoms with E-state index in [-0.39, 0.29) is 24.4 Å². The highest BCUT2D eigenvalue weighted by Crippen LogP contribution is 2.30. The first-order chi connectivity index (χ1) is 7.81. The number of halogens is 1. The molecule has 1 atom stereocenters. The van der Waals surface area contributed by atoms with Gasteiger partial charge in [0, 0.05) is 6.42 Å². The van der Waals surface area contributed by atoms with Gasteiger partial charge < -0.3 is 11.1 Å². The molecule has 0 bridgehead atoms. The molecule has 0 saturated carbocycles. The summed E-state index contributed by atoms with van der Waals surface area (Å²) in [5.41, 5.74) is 8.03. The summed E-state index contributed by atoms with van der Waals surface area (Å²) in [6.45, 7) is 0.578. The number of amides is 1. The van der Waals surface area contributed by atoms with Gasteiger partial charge in [-0.15, -0.1) is 12.4 Å². The summed E-state index contributed by atoms with van der Waals surface area (Å²) in [6, 6.07) is 8.54. The second-order valence-corrected chi connectivity index (χ2v) is 4.25. The SMILES string of the molecule is Cl.NCCCC(=O)NC1CCc2ccccc21. The fourth-order valence-electron chi connectivity index (χ4n) is 2.24. The Morgan fingerprint density at radius 2 is 2.18 bits per heavy atom. The Labute approximate surface area is 108 Å². The van der Waals surface area contributed by atoms with Gasteiger partial charge in [-0.05, 0) is 36.9 Å². The van der Waals surface area contributed by atoms with E-state index in [9.17, 15) is 4.79 Å². The number of nitrogens with two attached hydrogens (primary N) is 1. The molecule has 4 heteroatoms. The third-order valence-electron chi connectivity index (χ3n) is 3.08. The molecule has 2 rings (SSSR count). The Balaban J connectivity index is 0.00000144. The fourth-order valence-corrected chi connectivity index (χ4v) is 2.24. The molecule has 1 aliphatic rings. The zero-order chi connectivity index (χ0) is 11.4. The van der Waals surface area contributed by atoms with E-state index in [2.05, 4.69) is 23.5 Å². The predicted molar refractivity (Wildman–Crippen MR) is 71.2 cm³/mol. The molecule has 94 valence electrons. The molecule has 1 aliphatic carbocycles. The summed E-state index contributed by atoms with van der Waals surface area (Å²) in [4.78, 5) is 11.6. The topological polar surface area (TPSA) is 55.1 Å². The Bertz CT molecular complexity index is 381. The molecule has 0 aromatic heterocycles. The van der Waals surface area contributed by atoms with Crippen molar-refractivity contribution < 1.29 is 4.79 Å². The molecular formula is C13H19ClN2O. The lowest BCUT2D eigenvalue weighted by atomic mass is 10.1. The van der Waals surface area contributed by atoms with E-state index in [1.54, 1.807) is 0 Å². The number of carbonyl (C=O) groups is 1. The first kappa shape index (κ1) is 14.0. The fraction of sp³-hybridized carbons (Fsp3) is 0.462. The lowest BCUT2D eigenvalue weighted by molar-refractivity contribution is -0.121. The van der Waals surface area contributed by atoms with E-state index < -0.39 is 0 Å². The van der Waals surface area contributed by atoms with E-state index in [0.717, 1.165) is 19.3 Å². The molecule has 0 heterocycles. The maximum atomic E-state index is 11.6. The highest BCUT2D eigenvalue weighted by atomic mass is 35.5. The summed E-state index contributed by atoms with van der Waals surface area (Å²) in [5, 5.41) is 3.08. The van der Waals surface area contributed by atoms with Crippen LogP contribution in [0.4, 0.5) is 0 Å². The molecule has 17 heavy (non-hydrogen) atoms. The minimum absolute atomic E-state index is 0. The van der Waals surface area contributed by atoms with Gasteiger partial charge >= 0.3 is 0 Å². The van der Waals surface area contributed by atoms with Crippen LogP contribution in [-0.4, -0.2) is 12.5 Å². The minimum Gasteiger partial charge on any atom is -0.349 e. The van der Waals surface area contributed by atoms with Crippen molar-refractivity contribution in [2.45, 2.75) is 31.7 Å². The van der Waals surface area contributed by atoms with Gasteiger partial charge in [0.25, 0.3) is 0 Å². The van der Waals surface area contributed by atoms with Crippen LogP contribution in [0.2, 0.25) is 0 Å². The Morgan fingerprint density at radius 1 is 1.41 bits per heavy atom. The van der Waals surface area contributed by atoms with Crippen molar-refractivity contribution in [3.05, 3.63) is 35.4 Å². The Morgan fingerprint density at radius 3 is 2.94 bits per heavy atom. The lowest BCUT2D eigenvalue weighted by Gasteiger charge is -2.13. The van der Waals surface area contributed by atoms with Crippen molar-refractivity contribution in [3.8, 4) is 0 Å². The van der Waals surface area contributed by atoms with Crippen molar-refractivity contribution in [2.75, 3.05) is 6.54 Å². The number of nitrogens with one attached hydrogen (secondary N) is 1. The molecular weight excluding hydrogens is 236 g/mol. The molecule has 3 nitrogen and oxygen atoms in total. The first-order valence-electron chi connectivity index (χ1n) is 5.88. The number of hydrogen-bond donors (Lipinski definition) is 2. The maximum absolute atomic E-state index is 11.6. The summed E-state index contributed by atoms with van der Waals surface area (Å²) in [5.74, 6) is 0.118. The summed E-state index contributed by atoms with van der Waals surface area (Å²) < 4.78 is 0. The molecule has 1 unspecified atom stereocenters. The normalized spacial score (nSPS) is 17.1. The average Bonchev–Trinajstić information content (AvgIpc) is 2.70. The van der Waals surface area contributed by atoms with E-state index in [1.165, 1.54) is 11.1 Å². The molecule has 1 aromatic carbocycles. The van der Waals surface area contributed by atoms with Crippen LogP contribution in [0.3, 0.4) is 0 Å². The molecule has 0 spiro atoms.